The number of piperazine rings is 1. The van der Waals surface area contributed by atoms with Crippen LogP contribution >= 0.6 is 0 Å². The van der Waals surface area contributed by atoms with Gasteiger partial charge in [-0.1, -0.05) is 0 Å². The minimum Gasteiger partial charge on any atom is -0.491 e. The first-order valence-corrected chi connectivity index (χ1v) is 11.3. The molecule has 2 fully saturated rings. The average Bonchev–Trinajstić information content (AvgIpc) is 3.49. The average molecular weight is 472 g/mol. The Morgan fingerprint density at radius 2 is 1.88 bits per heavy atom. The quantitative estimate of drug-likeness (QED) is 0.525. The summed E-state index contributed by atoms with van der Waals surface area (Å²) >= 11 is 0. The highest BCUT2D eigenvalue weighted by Gasteiger charge is 2.46. The summed E-state index contributed by atoms with van der Waals surface area (Å²) in [7, 11) is 2.13. The molecule has 3 heterocycles. The fraction of sp³-hybridized carbons (Fsp3) is 0.417. The van der Waals surface area contributed by atoms with Crippen molar-refractivity contribution in [2.45, 2.75) is 18.4 Å². The summed E-state index contributed by atoms with van der Waals surface area (Å²) in [6.07, 6.45) is 2.41. The minimum absolute atomic E-state index is 0.0613. The highest BCUT2D eigenvalue weighted by molar-refractivity contribution is 5.49. The Morgan fingerprint density at radius 3 is 2.59 bits per heavy atom. The fourth-order valence-corrected chi connectivity index (χ4v) is 4.29. The summed E-state index contributed by atoms with van der Waals surface area (Å²) in [4.78, 5) is 8.59. The van der Waals surface area contributed by atoms with Crippen molar-refractivity contribution in [3.05, 3.63) is 72.3 Å². The SMILES string of the molecule is CN1CCN(c2ccc(OC[C@H]3COC(Cn4cncn4)(c4ccc(F)cc4F)O3)cc2)CC1. The number of hydrogen-bond donors (Lipinski definition) is 0. The molecule has 1 aromatic heterocycles. The molecular formula is C24H27F2N5O3. The van der Waals surface area contributed by atoms with Crippen LogP contribution in [0.1, 0.15) is 5.56 Å². The van der Waals surface area contributed by atoms with Gasteiger partial charge in [0, 0.05) is 43.5 Å². The second-order valence-corrected chi connectivity index (χ2v) is 8.62. The van der Waals surface area contributed by atoms with Crippen LogP contribution in [0.2, 0.25) is 0 Å². The van der Waals surface area contributed by atoms with Crippen LogP contribution in [0.15, 0.2) is 55.1 Å². The van der Waals surface area contributed by atoms with Crippen molar-refractivity contribution in [3.63, 3.8) is 0 Å². The predicted molar refractivity (Wildman–Crippen MR) is 121 cm³/mol. The summed E-state index contributed by atoms with van der Waals surface area (Å²) in [6.45, 7) is 4.55. The van der Waals surface area contributed by atoms with Gasteiger partial charge in [0.15, 0.2) is 0 Å². The van der Waals surface area contributed by atoms with Crippen molar-refractivity contribution in [1.29, 1.82) is 0 Å². The first kappa shape index (κ1) is 22.7. The molecule has 34 heavy (non-hydrogen) atoms. The topological polar surface area (TPSA) is 64.9 Å². The zero-order valence-electron chi connectivity index (χ0n) is 18.9. The van der Waals surface area contributed by atoms with E-state index < -0.39 is 23.5 Å². The van der Waals surface area contributed by atoms with Crippen molar-refractivity contribution in [2.75, 3.05) is 51.3 Å². The van der Waals surface area contributed by atoms with E-state index in [4.69, 9.17) is 14.2 Å². The van der Waals surface area contributed by atoms with Crippen molar-refractivity contribution in [2.24, 2.45) is 0 Å². The van der Waals surface area contributed by atoms with Crippen molar-refractivity contribution in [3.8, 4) is 5.75 Å². The van der Waals surface area contributed by atoms with E-state index in [0.29, 0.717) is 5.75 Å². The van der Waals surface area contributed by atoms with Crippen LogP contribution in [0.5, 0.6) is 5.75 Å². The summed E-state index contributed by atoms with van der Waals surface area (Å²) in [6, 6.07) is 11.3. The molecule has 8 nitrogen and oxygen atoms in total. The Kier molecular flexibility index (Phi) is 6.44. The smallest absolute Gasteiger partial charge is 0.218 e. The van der Waals surface area contributed by atoms with E-state index in [9.17, 15) is 8.78 Å². The Balaban J connectivity index is 1.25. The molecule has 2 aromatic carbocycles. The van der Waals surface area contributed by atoms with E-state index in [0.717, 1.165) is 32.2 Å². The monoisotopic (exact) mass is 471 g/mol. The number of aromatic nitrogens is 3. The zero-order chi connectivity index (χ0) is 23.5. The van der Waals surface area contributed by atoms with Gasteiger partial charge in [-0.15, -0.1) is 0 Å². The lowest BCUT2D eigenvalue weighted by Crippen LogP contribution is -2.44. The third-order valence-corrected chi connectivity index (χ3v) is 6.18. The van der Waals surface area contributed by atoms with Crippen LogP contribution in [0.4, 0.5) is 14.5 Å². The minimum atomic E-state index is -1.47. The summed E-state index contributed by atoms with van der Waals surface area (Å²) in [5.74, 6) is -2.18. The lowest BCUT2D eigenvalue weighted by molar-refractivity contribution is -0.192. The molecule has 10 heteroatoms. The van der Waals surface area contributed by atoms with Gasteiger partial charge in [-0.25, -0.2) is 18.4 Å². The lowest BCUT2D eigenvalue weighted by Gasteiger charge is -2.34. The molecule has 0 amide bonds. The molecule has 180 valence electrons. The summed E-state index contributed by atoms with van der Waals surface area (Å²) in [5.41, 5.74) is 1.27. The van der Waals surface area contributed by atoms with E-state index in [1.54, 1.807) is 0 Å². The highest BCUT2D eigenvalue weighted by Crippen LogP contribution is 2.37. The van der Waals surface area contributed by atoms with E-state index in [1.807, 2.05) is 12.1 Å². The third kappa shape index (κ3) is 4.89. The van der Waals surface area contributed by atoms with Gasteiger partial charge in [0.25, 0.3) is 0 Å². The number of ether oxygens (including phenoxy) is 3. The molecule has 0 radical (unpaired) electrons. The molecular weight excluding hydrogens is 444 g/mol. The van der Waals surface area contributed by atoms with Crippen LogP contribution in [0.25, 0.3) is 0 Å². The Hall–Kier alpha value is -3.08. The predicted octanol–water partition coefficient (Wildman–Crippen LogP) is 2.66. The highest BCUT2D eigenvalue weighted by atomic mass is 19.1. The number of likely N-dealkylation sites (N-methyl/N-ethyl adjacent to an activating group) is 1. The number of halogens is 2. The second kappa shape index (κ2) is 9.65. The van der Waals surface area contributed by atoms with E-state index in [1.165, 1.54) is 35.2 Å². The van der Waals surface area contributed by atoms with Gasteiger partial charge in [-0.3, -0.25) is 0 Å². The first-order chi connectivity index (χ1) is 16.5. The van der Waals surface area contributed by atoms with Crippen LogP contribution in [0.3, 0.4) is 0 Å². The van der Waals surface area contributed by atoms with Crippen molar-refractivity contribution < 1.29 is 23.0 Å². The van der Waals surface area contributed by atoms with Crippen LogP contribution < -0.4 is 9.64 Å². The summed E-state index contributed by atoms with van der Waals surface area (Å²) < 4.78 is 47.8. The third-order valence-electron chi connectivity index (χ3n) is 6.18. The molecule has 0 N–H and O–H groups in total. The van der Waals surface area contributed by atoms with Gasteiger partial charge in [0.1, 0.15) is 49.3 Å². The molecule has 3 aromatic rings. The molecule has 5 rings (SSSR count). The van der Waals surface area contributed by atoms with Gasteiger partial charge in [-0.05, 0) is 43.4 Å². The number of hydrogen-bond acceptors (Lipinski definition) is 7. The Morgan fingerprint density at radius 1 is 1.09 bits per heavy atom. The Bertz CT molecular complexity index is 1090. The fourth-order valence-electron chi connectivity index (χ4n) is 4.29. The van der Waals surface area contributed by atoms with Gasteiger partial charge >= 0.3 is 0 Å². The lowest BCUT2D eigenvalue weighted by atomic mass is 10.0. The molecule has 2 aliphatic heterocycles. The molecule has 0 saturated carbocycles. The van der Waals surface area contributed by atoms with Gasteiger partial charge < -0.3 is 24.0 Å². The normalized spacial score (nSPS) is 23.4. The summed E-state index contributed by atoms with van der Waals surface area (Å²) in [5, 5.41) is 4.08. The number of anilines is 1. The van der Waals surface area contributed by atoms with Crippen LogP contribution in [0, 0.1) is 11.6 Å². The molecule has 2 atom stereocenters. The Labute approximate surface area is 196 Å². The molecule has 2 saturated heterocycles. The number of nitrogens with zero attached hydrogens (tertiary/aromatic N) is 5. The van der Waals surface area contributed by atoms with Crippen LogP contribution in [-0.2, 0) is 21.8 Å². The maximum atomic E-state index is 14.7. The van der Waals surface area contributed by atoms with Crippen LogP contribution in [-0.4, -0.2) is 72.2 Å². The zero-order valence-corrected chi connectivity index (χ0v) is 18.9. The molecule has 0 bridgehead atoms. The maximum absolute atomic E-state index is 14.7. The van der Waals surface area contributed by atoms with Crippen molar-refractivity contribution >= 4 is 5.69 Å². The first-order valence-electron chi connectivity index (χ1n) is 11.3. The van der Waals surface area contributed by atoms with Crippen molar-refractivity contribution in [1.82, 2.24) is 19.7 Å². The number of benzene rings is 2. The van der Waals surface area contributed by atoms with Gasteiger partial charge in [0.2, 0.25) is 5.79 Å². The molecule has 0 aliphatic carbocycles. The van der Waals surface area contributed by atoms with Gasteiger partial charge in [-0.2, -0.15) is 5.10 Å². The standard InChI is InChI=1S/C24H27F2N5O3/c1-29-8-10-30(11-9-29)19-3-5-20(6-4-19)32-13-21-14-33-24(34-21,15-31-17-27-16-28-31)22-7-2-18(25)12-23(22)26/h2-7,12,16-17,21H,8-11,13-15H2,1H3/t21-,24?/m0/s1. The molecule has 0 spiro atoms. The largest absolute Gasteiger partial charge is 0.491 e. The van der Waals surface area contributed by atoms with E-state index in [-0.39, 0.29) is 25.3 Å². The number of rotatable bonds is 7. The van der Waals surface area contributed by atoms with E-state index in [2.05, 4.69) is 39.1 Å². The maximum Gasteiger partial charge on any atom is 0.218 e. The van der Waals surface area contributed by atoms with Gasteiger partial charge in [0.05, 0.1) is 6.61 Å². The molecule has 1 unspecified atom stereocenters. The molecule has 2 aliphatic rings. The second-order valence-electron chi connectivity index (χ2n) is 8.62. The van der Waals surface area contributed by atoms with E-state index >= 15 is 0 Å².